The molecule has 1 saturated heterocycles. The van der Waals surface area contributed by atoms with Crippen LogP contribution in [0.25, 0.3) is 0 Å². The summed E-state index contributed by atoms with van der Waals surface area (Å²) in [4.78, 5) is 11.1. The highest BCUT2D eigenvalue weighted by Gasteiger charge is 2.16. The summed E-state index contributed by atoms with van der Waals surface area (Å²) in [7, 11) is 0. The van der Waals surface area contributed by atoms with Crippen molar-refractivity contribution in [3.8, 4) is 0 Å². The predicted octanol–water partition coefficient (Wildman–Crippen LogP) is 2.93. The molecule has 1 aromatic rings. The summed E-state index contributed by atoms with van der Waals surface area (Å²) in [5.41, 5.74) is 5.14. The second-order valence-electron chi connectivity index (χ2n) is 4.87. The first kappa shape index (κ1) is 15.8. The lowest BCUT2D eigenvalue weighted by Gasteiger charge is -2.11. The summed E-state index contributed by atoms with van der Waals surface area (Å²) >= 11 is 1.39. The fourth-order valence-electron chi connectivity index (χ4n) is 2.32. The smallest absolute Gasteiger partial charge is 0.236 e. The first-order valence-corrected chi connectivity index (χ1v) is 8.34. The maximum atomic E-state index is 11.1. The molecule has 0 bridgehead atoms. The van der Waals surface area contributed by atoms with Crippen molar-refractivity contribution < 1.29 is 4.79 Å². The maximum absolute atomic E-state index is 11.1. The fourth-order valence-corrected chi connectivity index (χ4v) is 2.96. The van der Waals surface area contributed by atoms with E-state index in [0.717, 1.165) is 24.8 Å². The van der Waals surface area contributed by atoms with Gasteiger partial charge in [-0.15, -0.1) is 5.10 Å². The number of thioether (sulfide) groups is 1. The molecule has 1 heterocycles. The molecule has 0 aromatic heterocycles. The lowest BCUT2D eigenvalue weighted by molar-refractivity contribution is -0.116. The number of amides is 1. The number of nitrogens with zero attached hydrogens (tertiary/aromatic N) is 2. The van der Waals surface area contributed by atoms with Crippen molar-refractivity contribution in [1.82, 2.24) is 5.32 Å². The van der Waals surface area contributed by atoms with Crippen molar-refractivity contribution in [2.75, 3.05) is 5.75 Å². The van der Waals surface area contributed by atoms with Crippen LogP contribution in [0.1, 0.15) is 43.0 Å². The molecule has 112 valence electrons. The van der Waals surface area contributed by atoms with Gasteiger partial charge in [-0.05, 0) is 36.0 Å². The summed E-state index contributed by atoms with van der Waals surface area (Å²) in [6.45, 7) is 6.49. The molecule has 0 radical (unpaired) electrons. The third-order valence-corrected chi connectivity index (χ3v) is 4.37. The van der Waals surface area contributed by atoms with Crippen molar-refractivity contribution >= 4 is 29.1 Å². The monoisotopic (exact) mass is 303 g/mol. The van der Waals surface area contributed by atoms with Gasteiger partial charge in [-0.3, -0.25) is 4.79 Å². The second-order valence-corrected chi connectivity index (χ2v) is 5.84. The van der Waals surface area contributed by atoms with Crippen LogP contribution in [0.5, 0.6) is 0 Å². The third kappa shape index (κ3) is 3.94. The molecule has 1 N–H and O–H groups in total. The number of hydrogen-bond donors (Lipinski definition) is 1. The van der Waals surface area contributed by atoms with Gasteiger partial charge in [0.15, 0.2) is 5.17 Å². The molecule has 4 nitrogen and oxygen atoms in total. The molecule has 0 unspecified atom stereocenters. The zero-order chi connectivity index (χ0) is 15.2. The molecule has 2 rings (SSSR count). The highest BCUT2D eigenvalue weighted by Crippen LogP contribution is 2.19. The minimum absolute atomic E-state index is 0.00950. The number of nitrogens with one attached hydrogen (secondary N) is 1. The summed E-state index contributed by atoms with van der Waals surface area (Å²) < 4.78 is 0. The lowest BCUT2D eigenvalue weighted by atomic mass is 9.94. The van der Waals surface area contributed by atoms with Crippen molar-refractivity contribution in [3.63, 3.8) is 0 Å². The van der Waals surface area contributed by atoms with Gasteiger partial charge in [0.2, 0.25) is 5.91 Å². The van der Waals surface area contributed by atoms with E-state index in [-0.39, 0.29) is 5.91 Å². The summed E-state index contributed by atoms with van der Waals surface area (Å²) in [6, 6.07) is 4.50. The second kappa shape index (κ2) is 7.41. The Morgan fingerprint density at radius 1 is 1.19 bits per heavy atom. The third-order valence-electron chi connectivity index (χ3n) is 3.50. The quantitative estimate of drug-likeness (QED) is 0.671. The van der Waals surface area contributed by atoms with Gasteiger partial charge >= 0.3 is 0 Å². The van der Waals surface area contributed by atoms with Gasteiger partial charge in [-0.25, -0.2) is 0 Å². The number of aryl methyl sites for hydroxylation is 3. The van der Waals surface area contributed by atoms with E-state index in [0.29, 0.717) is 10.9 Å². The van der Waals surface area contributed by atoms with Crippen LogP contribution in [0.15, 0.2) is 22.3 Å². The molecule has 0 spiro atoms. The van der Waals surface area contributed by atoms with E-state index in [9.17, 15) is 4.79 Å². The number of rotatable bonds is 5. The van der Waals surface area contributed by atoms with Crippen LogP contribution in [0.3, 0.4) is 0 Å². The fraction of sp³-hybridized carbons (Fsp3) is 0.438. The number of benzene rings is 1. The Hall–Kier alpha value is -1.62. The molecule has 1 aromatic carbocycles. The molecular formula is C16H21N3OS. The summed E-state index contributed by atoms with van der Waals surface area (Å²) in [5, 5.41) is 11.5. The van der Waals surface area contributed by atoms with Crippen LogP contribution in [0.2, 0.25) is 0 Å². The van der Waals surface area contributed by atoms with E-state index in [4.69, 9.17) is 0 Å². The van der Waals surface area contributed by atoms with Crippen molar-refractivity contribution in [2.24, 2.45) is 10.2 Å². The van der Waals surface area contributed by atoms with Gasteiger partial charge < -0.3 is 5.32 Å². The van der Waals surface area contributed by atoms with Crippen LogP contribution < -0.4 is 5.32 Å². The zero-order valence-corrected chi connectivity index (χ0v) is 13.6. The number of amidine groups is 1. The Bertz CT molecular complexity index is 568. The predicted molar refractivity (Wildman–Crippen MR) is 90.2 cm³/mol. The Morgan fingerprint density at radius 3 is 2.33 bits per heavy atom. The van der Waals surface area contributed by atoms with Crippen LogP contribution in [-0.2, 0) is 24.1 Å². The lowest BCUT2D eigenvalue weighted by Crippen LogP contribution is -2.19. The van der Waals surface area contributed by atoms with Gasteiger partial charge in [0, 0.05) is 5.56 Å². The molecule has 21 heavy (non-hydrogen) atoms. The van der Waals surface area contributed by atoms with Crippen molar-refractivity contribution in [1.29, 1.82) is 0 Å². The average molecular weight is 303 g/mol. The topological polar surface area (TPSA) is 53.8 Å². The minimum atomic E-state index is -0.00950. The van der Waals surface area contributed by atoms with Gasteiger partial charge in [0.05, 0.1) is 12.0 Å². The Morgan fingerprint density at radius 2 is 1.86 bits per heavy atom. The normalized spacial score (nSPS) is 16.9. The van der Waals surface area contributed by atoms with Crippen LogP contribution >= 0.6 is 11.8 Å². The molecular weight excluding hydrogens is 282 g/mol. The highest BCUT2D eigenvalue weighted by molar-refractivity contribution is 8.15. The number of carbonyl (C=O) groups is 1. The number of carbonyl (C=O) groups excluding carboxylic acids is 1. The molecule has 0 saturated carbocycles. The van der Waals surface area contributed by atoms with Crippen molar-refractivity contribution in [2.45, 2.75) is 40.0 Å². The molecule has 5 heteroatoms. The van der Waals surface area contributed by atoms with E-state index in [1.54, 1.807) is 0 Å². The largest absolute Gasteiger partial charge is 0.303 e. The van der Waals surface area contributed by atoms with Crippen LogP contribution in [0, 0.1) is 0 Å². The maximum Gasteiger partial charge on any atom is 0.236 e. The van der Waals surface area contributed by atoms with E-state index in [1.165, 1.54) is 28.5 Å². The molecule has 1 amide bonds. The van der Waals surface area contributed by atoms with E-state index in [1.807, 2.05) is 6.21 Å². The van der Waals surface area contributed by atoms with Crippen LogP contribution in [-0.4, -0.2) is 23.0 Å². The Balaban J connectivity index is 2.27. The van der Waals surface area contributed by atoms with Gasteiger partial charge in [-0.1, -0.05) is 44.7 Å². The van der Waals surface area contributed by atoms with Gasteiger partial charge in [0.25, 0.3) is 0 Å². The first-order chi connectivity index (χ1) is 10.2. The summed E-state index contributed by atoms with van der Waals surface area (Å²) in [5.74, 6) is 0.421. The van der Waals surface area contributed by atoms with E-state index < -0.39 is 0 Å². The average Bonchev–Trinajstić information content (AvgIpc) is 2.92. The standard InChI is InChI=1S/C16H21N3OS/c1-4-11-7-12(5-2)14(13(6-3)8-11)9-17-19-16-18-15(20)10-21-16/h7-9H,4-6,10H2,1-3H3,(H,18,19,20). The van der Waals surface area contributed by atoms with Crippen LogP contribution in [0.4, 0.5) is 0 Å². The first-order valence-electron chi connectivity index (χ1n) is 7.36. The minimum Gasteiger partial charge on any atom is -0.303 e. The molecule has 1 aliphatic heterocycles. The highest BCUT2D eigenvalue weighted by atomic mass is 32.2. The Labute approximate surface area is 130 Å². The molecule has 1 fully saturated rings. The number of hydrogen-bond acceptors (Lipinski definition) is 4. The van der Waals surface area contributed by atoms with Gasteiger partial charge in [-0.2, -0.15) is 5.10 Å². The van der Waals surface area contributed by atoms with E-state index >= 15 is 0 Å². The van der Waals surface area contributed by atoms with E-state index in [2.05, 4.69) is 48.4 Å². The zero-order valence-electron chi connectivity index (χ0n) is 12.8. The molecule has 0 aliphatic carbocycles. The molecule has 1 aliphatic rings. The Kier molecular flexibility index (Phi) is 5.56. The summed E-state index contributed by atoms with van der Waals surface area (Å²) in [6.07, 6.45) is 4.81. The SMILES string of the molecule is CCc1cc(CC)c(C=NN=C2NC(=O)CS2)c(CC)c1. The van der Waals surface area contributed by atoms with Gasteiger partial charge in [0.1, 0.15) is 0 Å². The van der Waals surface area contributed by atoms with Crippen molar-refractivity contribution in [3.05, 3.63) is 34.4 Å². The molecule has 0 atom stereocenters.